The molecule has 0 aliphatic carbocycles. The molecule has 0 bridgehead atoms. The molecule has 144 valence electrons. The molecule has 3 rings (SSSR count). The molecule has 1 aliphatic heterocycles. The van der Waals surface area contributed by atoms with E-state index in [1.165, 1.54) is 11.3 Å². The van der Waals surface area contributed by atoms with E-state index in [1.807, 2.05) is 18.2 Å². The number of benzene rings is 1. The Labute approximate surface area is 166 Å². The number of hydrogen-bond acceptors (Lipinski definition) is 7. The van der Waals surface area contributed by atoms with Gasteiger partial charge >= 0.3 is 0 Å². The maximum atomic E-state index is 12.6. The molecule has 2 atom stereocenters. The van der Waals surface area contributed by atoms with Crippen molar-refractivity contribution in [3.63, 3.8) is 0 Å². The SMILES string of the molecule is CC[C@@H](C)Sc1nnc(NC(=O)[C@@H]2CC(=O)N(c3cccc(OC)c3)C2)s1. The lowest BCUT2D eigenvalue weighted by molar-refractivity contribution is -0.122. The number of methoxy groups -OCH3 is 1. The number of anilines is 2. The molecule has 2 amide bonds. The van der Waals surface area contributed by atoms with Gasteiger partial charge in [-0.3, -0.25) is 9.59 Å². The van der Waals surface area contributed by atoms with Crippen LogP contribution in [0.3, 0.4) is 0 Å². The number of hydrogen-bond donors (Lipinski definition) is 1. The highest BCUT2D eigenvalue weighted by Gasteiger charge is 2.35. The molecular weight excluding hydrogens is 384 g/mol. The van der Waals surface area contributed by atoms with E-state index in [4.69, 9.17) is 4.74 Å². The van der Waals surface area contributed by atoms with Crippen LogP contribution in [-0.2, 0) is 9.59 Å². The molecule has 27 heavy (non-hydrogen) atoms. The third kappa shape index (κ3) is 4.78. The first kappa shape index (κ1) is 19.6. The Morgan fingerprint density at radius 3 is 3.04 bits per heavy atom. The number of ether oxygens (including phenoxy) is 1. The molecular formula is C18H22N4O3S2. The van der Waals surface area contributed by atoms with Gasteiger partial charge < -0.3 is 15.0 Å². The fourth-order valence-corrected chi connectivity index (χ4v) is 4.68. The summed E-state index contributed by atoms with van der Waals surface area (Å²) in [6.07, 6.45) is 1.21. The molecule has 1 saturated heterocycles. The third-order valence-corrected chi connectivity index (χ3v) is 6.57. The monoisotopic (exact) mass is 406 g/mol. The number of nitrogens with one attached hydrogen (secondary N) is 1. The second-order valence-corrected chi connectivity index (χ2v) is 8.97. The first-order valence-electron chi connectivity index (χ1n) is 8.75. The molecule has 0 unspecified atom stereocenters. The number of nitrogens with zero attached hydrogens (tertiary/aromatic N) is 3. The van der Waals surface area contributed by atoms with Crippen LogP contribution < -0.4 is 15.0 Å². The van der Waals surface area contributed by atoms with Gasteiger partial charge in [-0.2, -0.15) is 0 Å². The number of thioether (sulfide) groups is 1. The average Bonchev–Trinajstić information content (AvgIpc) is 3.28. The van der Waals surface area contributed by atoms with Crippen molar-refractivity contribution in [3.05, 3.63) is 24.3 Å². The number of amides is 2. The summed E-state index contributed by atoms with van der Waals surface area (Å²) in [4.78, 5) is 26.6. The van der Waals surface area contributed by atoms with Gasteiger partial charge in [0.25, 0.3) is 0 Å². The van der Waals surface area contributed by atoms with Gasteiger partial charge in [-0.05, 0) is 18.6 Å². The van der Waals surface area contributed by atoms with Crippen molar-refractivity contribution in [1.82, 2.24) is 10.2 Å². The fraction of sp³-hybridized carbons (Fsp3) is 0.444. The van der Waals surface area contributed by atoms with Crippen LogP contribution in [0.15, 0.2) is 28.6 Å². The van der Waals surface area contributed by atoms with Gasteiger partial charge in [0, 0.05) is 30.0 Å². The molecule has 1 aliphatic rings. The van der Waals surface area contributed by atoms with Crippen molar-refractivity contribution < 1.29 is 14.3 Å². The lowest BCUT2D eigenvalue weighted by atomic mass is 10.1. The van der Waals surface area contributed by atoms with Crippen LogP contribution in [0.5, 0.6) is 5.75 Å². The Morgan fingerprint density at radius 1 is 1.48 bits per heavy atom. The zero-order valence-corrected chi connectivity index (χ0v) is 17.1. The van der Waals surface area contributed by atoms with E-state index in [1.54, 1.807) is 29.8 Å². The Hall–Kier alpha value is -2.13. The first-order valence-corrected chi connectivity index (χ1v) is 10.4. The highest BCUT2D eigenvalue weighted by molar-refractivity contribution is 8.01. The van der Waals surface area contributed by atoms with Crippen LogP contribution >= 0.6 is 23.1 Å². The van der Waals surface area contributed by atoms with E-state index in [-0.39, 0.29) is 18.2 Å². The number of carbonyl (C=O) groups is 2. The predicted octanol–water partition coefficient (Wildman–Crippen LogP) is 3.43. The Bertz CT molecular complexity index is 826. The summed E-state index contributed by atoms with van der Waals surface area (Å²) >= 11 is 3.01. The van der Waals surface area contributed by atoms with Crippen LogP contribution in [0.25, 0.3) is 0 Å². The lowest BCUT2D eigenvalue weighted by Crippen LogP contribution is -2.28. The van der Waals surface area contributed by atoms with E-state index in [0.717, 1.165) is 16.4 Å². The summed E-state index contributed by atoms with van der Waals surface area (Å²) in [6, 6.07) is 7.27. The van der Waals surface area contributed by atoms with Crippen molar-refractivity contribution in [3.8, 4) is 5.75 Å². The summed E-state index contributed by atoms with van der Waals surface area (Å²) in [6.45, 7) is 4.58. The zero-order valence-electron chi connectivity index (χ0n) is 15.5. The molecule has 1 fully saturated rings. The van der Waals surface area contributed by atoms with Crippen molar-refractivity contribution >= 4 is 45.7 Å². The van der Waals surface area contributed by atoms with Crippen LogP contribution in [0, 0.1) is 5.92 Å². The first-order chi connectivity index (χ1) is 13.0. The highest BCUT2D eigenvalue weighted by Crippen LogP contribution is 2.31. The largest absolute Gasteiger partial charge is 0.497 e. The Kier molecular flexibility index (Phi) is 6.33. The second-order valence-electron chi connectivity index (χ2n) is 6.31. The third-order valence-electron chi connectivity index (χ3n) is 4.37. The van der Waals surface area contributed by atoms with Gasteiger partial charge in [-0.15, -0.1) is 10.2 Å². The summed E-state index contributed by atoms with van der Waals surface area (Å²) in [7, 11) is 1.58. The molecule has 1 aromatic heterocycles. The van der Waals surface area contributed by atoms with E-state index in [0.29, 0.717) is 22.7 Å². The van der Waals surface area contributed by atoms with Crippen molar-refractivity contribution in [2.45, 2.75) is 36.3 Å². The van der Waals surface area contributed by atoms with E-state index in [9.17, 15) is 9.59 Å². The molecule has 1 N–H and O–H groups in total. The molecule has 0 radical (unpaired) electrons. The zero-order chi connectivity index (χ0) is 19.4. The van der Waals surface area contributed by atoms with E-state index >= 15 is 0 Å². The summed E-state index contributed by atoms with van der Waals surface area (Å²) in [5.41, 5.74) is 0.734. The second kappa shape index (κ2) is 8.71. The molecule has 0 spiro atoms. The molecule has 2 aromatic rings. The highest BCUT2D eigenvalue weighted by atomic mass is 32.2. The number of rotatable bonds is 7. The Morgan fingerprint density at radius 2 is 2.30 bits per heavy atom. The van der Waals surface area contributed by atoms with Gasteiger partial charge in [0.2, 0.25) is 16.9 Å². The minimum atomic E-state index is -0.418. The fourth-order valence-electron chi connectivity index (χ4n) is 2.68. The maximum Gasteiger partial charge on any atom is 0.231 e. The van der Waals surface area contributed by atoms with Gasteiger partial charge in [0.1, 0.15) is 5.75 Å². The van der Waals surface area contributed by atoms with Crippen LogP contribution in [-0.4, -0.2) is 40.9 Å². The van der Waals surface area contributed by atoms with Gasteiger partial charge in [0.15, 0.2) is 4.34 Å². The summed E-state index contributed by atoms with van der Waals surface area (Å²) in [5, 5.41) is 11.9. The quantitative estimate of drug-likeness (QED) is 0.560. The smallest absolute Gasteiger partial charge is 0.231 e. The van der Waals surface area contributed by atoms with Crippen molar-refractivity contribution in [2.24, 2.45) is 5.92 Å². The molecule has 9 heteroatoms. The maximum absolute atomic E-state index is 12.6. The average molecular weight is 407 g/mol. The van der Waals surface area contributed by atoms with E-state index in [2.05, 4.69) is 29.4 Å². The number of aromatic nitrogens is 2. The molecule has 7 nitrogen and oxygen atoms in total. The van der Waals surface area contributed by atoms with Gasteiger partial charge in [-0.25, -0.2) is 0 Å². The topological polar surface area (TPSA) is 84.4 Å². The van der Waals surface area contributed by atoms with Crippen LogP contribution in [0.2, 0.25) is 0 Å². The summed E-state index contributed by atoms with van der Waals surface area (Å²) in [5.74, 6) is -0.0228. The minimum absolute atomic E-state index is 0.0753. The minimum Gasteiger partial charge on any atom is -0.497 e. The molecule has 1 aromatic carbocycles. The summed E-state index contributed by atoms with van der Waals surface area (Å²) < 4.78 is 6.04. The predicted molar refractivity (Wildman–Crippen MR) is 108 cm³/mol. The normalized spacial score (nSPS) is 17.8. The molecule has 0 saturated carbocycles. The van der Waals surface area contributed by atoms with Crippen LogP contribution in [0.4, 0.5) is 10.8 Å². The van der Waals surface area contributed by atoms with E-state index < -0.39 is 5.92 Å². The van der Waals surface area contributed by atoms with Crippen molar-refractivity contribution in [1.29, 1.82) is 0 Å². The van der Waals surface area contributed by atoms with Crippen LogP contribution in [0.1, 0.15) is 26.7 Å². The molecule has 2 heterocycles. The standard InChI is InChI=1S/C18H22N4O3S2/c1-4-11(2)26-18-21-20-17(27-18)19-16(24)12-8-15(23)22(10-12)13-6-5-7-14(9-13)25-3/h5-7,9,11-12H,4,8,10H2,1-3H3,(H,19,20,24)/t11-,12-/m1/s1. The number of carbonyl (C=O) groups excluding carboxylic acids is 2. The van der Waals surface area contributed by atoms with Crippen molar-refractivity contribution in [2.75, 3.05) is 23.9 Å². The van der Waals surface area contributed by atoms with Gasteiger partial charge in [-0.1, -0.05) is 43.0 Å². The van der Waals surface area contributed by atoms with Gasteiger partial charge in [0.05, 0.1) is 13.0 Å². The Balaban J connectivity index is 1.62. The lowest BCUT2D eigenvalue weighted by Gasteiger charge is -2.17.